The Balaban J connectivity index is 0.00000280. The summed E-state index contributed by atoms with van der Waals surface area (Å²) in [6, 6.07) is 1.64. The van der Waals surface area contributed by atoms with Crippen LogP contribution in [0.15, 0.2) is 6.07 Å². The number of urea groups is 1. The summed E-state index contributed by atoms with van der Waals surface area (Å²) in [5.74, 6) is -0.101. The minimum absolute atomic E-state index is 0. The van der Waals surface area contributed by atoms with Crippen LogP contribution in [-0.4, -0.2) is 97.1 Å². The second-order valence-electron chi connectivity index (χ2n) is 8.95. The summed E-state index contributed by atoms with van der Waals surface area (Å²) in [6.07, 6.45) is 6.14. The van der Waals surface area contributed by atoms with E-state index in [9.17, 15) is 13.2 Å². The smallest absolute Gasteiger partial charge is 0.309 e. The zero-order valence-electron chi connectivity index (χ0n) is 17.8. The first-order chi connectivity index (χ1) is 12.6. The molecule has 0 spiro atoms. The molecule has 0 aromatic heterocycles. The number of nitrogens with zero attached hydrogens (tertiary/aromatic N) is 1. The molecule has 2 aliphatic carbocycles. The SMILES string of the molecule is CN(C)CC(C)(C)CS(=O)(=O)NC(=O)Nc1c2c(cc3c1CCC3)CCC2.[K]. The second-order valence-corrected chi connectivity index (χ2v) is 10.7. The predicted octanol–water partition coefficient (Wildman–Crippen LogP) is 2.32. The molecule has 0 saturated carbocycles. The standard InChI is InChI=1S/C20H31N3O3S.K/c1-20(2,12-23(3)4)13-27(25,26)22-19(24)21-18-16-9-5-7-14(16)11-15-8-6-10-17(15)18;/h11H,5-10,12-13H2,1-4H3,(H2,21,22,24);. The fourth-order valence-corrected chi connectivity index (χ4v) is 6.23. The number of hydrogen-bond donors (Lipinski definition) is 2. The monoisotopic (exact) mass is 432 g/mol. The van der Waals surface area contributed by atoms with Gasteiger partial charge in [-0.25, -0.2) is 17.9 Å². The van der Waals surface area contributed by atoms with Crippen molar-refractivity contribution in [2.24, 2.45) is 5.41 Å². The zero-order chi connectivity index (χ0) is 19.8. The fourth-order valence-electron chi connectivity index (χ4n) is 4.70. The van der Waals surface area contributed by atoms with E-state index in [1.807, 2.05) is 32.8 Å². The van der Waals surface area contributed by atoms with Crippen molar-refractivity contribution in [1.29, 1.82) is 0 Å². The molecule has 3 rings (SSSR count). The first-order valence-electron chi connectivity index (χ1n) is 9.69. The normalized spacial score (nSPS) is 15.8. The van der Waals surface area contributed by atoms with Gasteiger partial charge in [0, 0.05) is 63.6 Å². The molecule has 28 heavy (non-hydrogen) atoms. The number of anilines is 1. The quantitative estimate of drug-likeness (QED) is 0.676. The molecule has 6 nitrogen and oxygen atoms in total. The topological polar surface area (TPSA) is 78.5 Å². The molecule has 1 aromatic carbocycles. The van der Waals surface area contributed by atoms with Crippen LogP contribution in [0.3, 0.4) is 0 Å². The van der Waals surface area contributed by atoms with Gasteiger partial charge in [-0.05, 0) is 80.3 Å². The molecule has 8 heteroatoms. The Morgan fingerprint density at radius 2 is 1.61 bits per heavy atom. The molecule has 151 valence electrons. The van der Waals surface area contributed by atoms with Crippen LogP contribution in [-0.2, 0) is 35.7 Å². The van der Waals surface area contributed by atoms with Gasteiger partial charge in [0.2, 0.25) is 10.0 Å². The minimum atomic E-state index is -3.72. The maximum Gasteiger partial charge on any atom is 0.332 e. The van der Waals surface area contributed by atoms with Crippen molar-refractivity contribution < 1.29 is 13.2 Å². The Morgan fingerprint density at radius 3 is 2.11 bits per heavy atom. The van der Waals surface area contributed by atoms with Crippen LogP contribution in [0.1, 0.15) is 48.9 Å². The van der Waals surface area contributed by atoms with E-state index in [4.69, 9.17) is 0 Å². The first kappa shape index (κ1) is 24.3. The van der Waals surface area contributed by atoms with Crippen molar-refractivity contribution in [2.45, 2.75) is 52.4 Å². The first-order valence-corrected chi connectivity index (χ1v) is 11.3. The molecule has 0 heterocycles. The summed E-state index contributed by atoms with van der Waals surface area (Å²) in [6.45, 7) is 4.40. The van der Waals surface area contributed by atoms with Crippen LogP contribution in [0.2, 0.25) is 0 Å². The number of fused-ring (bicyclic) bond motifs is 2. The third-order valence-corrected chi connectivity index (χ3v) is 6.94. The molecule has 0 bridgehead atoms. The summed E-state index contributed by atoms with van der Waals surface area (Å²) < 4.78 is 27.2. The van der Waals surface area contributed by atoms with Gasteiger partial charge in [0.05, 0.1) is 5.75 Å². The van der Waals surface area contributed by atoms with Gasteiger partial charge >= 0.3 is 6.03 Å². The van der Waals surface area contributed by atoms with E-state index in [2.05, 4.69) is 16.1 Å². The van der Waals surface area contributed by atoms with Gasteiger partial charge in [0.1, 0.15) is 0 Å². The Labute approximate surface area is 211 Å². The maximum atomic E-state index is 12.5. The van der Waals surface area contributed by atoms with E-state index in [1.165, 1.54) is 22.3 Å². The van der Waals surface area contributed by atoms with Crippen LogP contribution in [0.5, 0.6) is 0 Å². The van der Waals surface area contributed by atoms with Crippen molar-refractivity contribution in [3.63, 3.8) is 0 Å². The third kappa shape index (κ3) is 6.03. The largest absolute Gasteiger partial charge is 0.332 e. The number of rotatable bonds is 6. The van der Waals surface area contributed by atoms with Crippen molar-refractivity contribution >= 4 is 73.1 Å². The summed E-state index contributed by atoms with van der Waals surface area (Å²) in [5, 5.41) is 2.89. The summed E-state index contributed by atoms with van der Waals surface area (Å²) in [5.41, 5.74) is 5.40. The third-order valence-electron chi connectivity index (χ3n) is 5.28. The summed E-state index contributed by atoms with van der Waals surface area (Å²) in [7, 11) is 0.0945. The van der Waals surface area contributed by atoms with Crippen molar-refractivity contribution in [1.82, 2.24) is 9.62 Å². The van der Waals surface area contributed by atoms with E-state index in [-0.39, 0.29) is 57.1 Å². The predicted molar refractivity (Wildman–Crippen MR) is 115 cm³/mol. The van der Waals surface area contributed by atoms with Crippen molar-refractivity contribution in [3.05, 3.63) is 28.3 Å². The van der Waals surface area contributed by atoms with Crippen LogP contribution in [0, 0.1) is 5.41 Å². The average Bonchev–Trinajstić information content (AvgIpc) is 3.11. The number of benzene rings is 1. The molecule has 2 aliphatic rings. The van der Waals surface area contributed by atoms with E-state index >= 15 is 0 Å². The van der Waals surface area contributed by atoms with E-state index in [0.29, 0.717) is 6.54 Å². The fraction of sp³-hybridized carbons (Fsp3) is 0.650. The van der Waals surface area contributed by atoms with Gasteiger partial charge in [-0.2, -0.15) is 0 Å². The summed E-state index contributed by atoms with van der Waals surface area (Å²) >= 11 is 0. The van der Waals surface area contributed by atoms with E-state index in [0.717, 1.165) is 44.2 Å². The van der Waals surface area contributed by atoms with Gasteiger partial charge in [-0.3, -0.25) is 0 Å². The Bertz CT molecular complexity index is 818. The number of carbonyl (C=O) groups is 1. The van der Waals surface area contributed by atoms with Crippen LogP contribution < -0.4 is 10.0 Å². The van der Waals surface area contributed by atoms with E-state index in [1.54, 1.807) is 0 Å². The van der Waals surface area contributed by atoms with E-state index < -0.39 is 21.5 Å². The molecule has 1 radical (unpaired) electrons. The molecule has 0 fully saturated rings. The number of amides is 2. The van der Waals surface area contributed by atoms with Crippen LogP contribution >= 0.6 is 0 Å². The van der Waals surface area contributed by atoms with Gasteiger partial charge in [-0.15, -0.1) is 0 Å². The molecular formula is C20H31KN3O3S. The number of carbonyl (C=O) groups excluding carboxylic acids is 1. The van der Waals surface area contributed by atoms with Gasteiger partial charge < -0.3 is 10.2 Å². The van der Waals surface area contributed by atoms with Gasteiger partial charge in [0.25, 0.3) is 0 Å². The number of sulfonamides is 1. The number of nitrogens with one attached hydrogen (secondary N) is 2. The van der Waals surface area contributed by atoms with Crippen molar-refractivity contribution in [2.75, 3.05) is 31.7 Å². The molecule has 1 aromatic rings. The molecule has 2 amide bonds. The van der Waals surface area contributed by atoms with Gasteiger partial charge in [-0.1, -0.05) is 19.9 Å². The molecular weight excluding hydrogens is 401 g/mol. The number of aryl methyl sites for hydroxylation is 2. The average molecular weight is 433 g/mol. The Kier molecular flexibility index (Phi) is 8.20. The van der Waals surface area contributed by atoms with Crippen LogP contribution in [0.4, 0.5) is 10.5 Å². The second kappa shape index (κ2) is 9.45. The van der Waals surface area contributed by atoms with Crippen LogP contribution in [0.25, 0.3) is 0 Å². The van der Waals surface area contributed by atoms with Crippen molar-refractivity contribution in [3.8, 4) is 0 Å². The van der Waals surface area contributed by atoms with Gasteiger partial charge in [0.15, 0.2) is 0 Å². The molecule has 2 N–H and O–H groups in total. The molecule has 0 saturated heterocycles. The number of hydrogen-bond acceptors (Lipinski definition) is 4. The maximum absolute atomic E-state index is 12.5. The minimum Gasteiger partial charge on any atom is -0.309 e. The molecule has 0 aliphatic heterocycles. The zero-order valence-corrected chi connectivity index (χ0v) is 21.8. The molecule has 0 unspecified atom stereocenters. The Morgan fingerprint density at radius 1 is 1.07 bits per heavy atom. The molecule has 0 atom stereocenters. The Hall–Kier alpha value is 0.0364. The summed E-state index contributed by atoms with van der Waals surface area (Å²) in [4.78, 5) is 14.5.